The lowest BCUT2D eigenvalue weighted by molar-refractivity contribution is 0.645. The van der Waals surface area contributed by atoms with Crippen LogP contribution >= 0.6 is 39.9 Å². The summed E-state index contributed by atoms with van der Waals surface area (Å²) in [5.74, 6) is 1.64. The first-order valence-electron chi connectivity index (χ1n) is 9.27. The highest BCUT2D eigenvalue weighted by Gasteiger charge is 2.44. The van der Waals surface area contributed by atoms with E-state index in [1.807, 2.05) is 28.8 Å². The molecule has 1 aliphatic carbocycles. The maximum absolute atomic E-state index is 4.71. The van der Waals surface area contributed by atoms with Crippen molar-refractivity contribution in [3.63, 3.8) is 0 Å². The monoisotopic (exact) mass is 554 g/mol. The summed E-state index contributed by atoms with van der Waals surface area (Å²) in [6, 6.07) is 14.5. The molecule has 0 bridgehead atoms. The average molecular weight is 555 g/mol. The van der Waals surface area contributed by atoms with Gasteiger partial charge in [0.2, 0.25) is 0 Å². The predicted molar refractivity (Wildman–Crippen MR) is 126 cm³/mol. The van der Waals surface area contributed by atoms with E-state index in [1.165, 1.54) is 18.4 Å². The molecule has 28 heavy (non-hydrogen) atoms. The molecule has 4 rings (SSSR count). The predicted octanol–water partition coefficient (Wildman–Crippen LogP) is 3.90. The minimum atomic E-state index is 0. The Morgan fingerprint density at radius 2 is 2.04 bits per heavy atom. The highest BCUT2D eigenvalue weighted by atomic mass is 127. The number of pyridine rings is 1. The van der Waals surface area contributed by atoms with E-state index in [0.717, 1.165) is 35.0 Å². The first-order chi connectivity index (χ1) is 13.2. The van der Waals surface area contributed by atoms with E-state index in [-0.39, 0.29) is 29.4 Å². The Morgan fingerprint density at radius 3 is 2.79 bits per heavy atom. The molecule has 1 fully saturated rings. The van der Waals surface area contributed by atoms with Crippen molar-refractivity contribution in [1.29, 1.82) is 0 Å². The number of nitrogens with one attached hydrogen (secondary N) is 2. The van der Waals surface area contributed by atoms with Crippen LogP contribution in [0.15, 0.2) is 58.1 Å². The second-order valence-electron chi connectivity index (χ2n) is 6.88. The van der Waals surface area contributed by atoms with Crippen LogP contribution in [0.1, 0.15) is 31.2 Å². The molecule has 0 saturated heterocycles. The van der Waals surface area contributed by atoms with Crippen molar-refractivity contribution in [2.45, 2.75) is 31.7 Å². The minimum Gasteiger partial charge on any atom is -0.357 e. The number of rotatable bonds is 6. The molecule has 0 atom stereocenters. The maximum atomic E-state index is 4.71. The lowest BCUT2D eigenvalue weighted by Crippen LogP contribution is -2.41. The molecular formula is C20H24BrIN6. The van der Waals surface area contributed by atoms with Crippen molar-refractivity contribution in [3.05, 3.63) is 64.5 Å². The van der Waals surface area contributed by atoms with Crippen molar-refractivity contribution in [3.8, 4) is 0 Å². The van der Waals surface area contributed by atoms with E-state index in [1.54, 1.807) is 0 Å². The van der Waals surface area contributed by atoms with Gasteiger partial charge in [-0.05, 0) is 49.6 Å². The van der Waals surface area contributed by atoms with Gasteiger partial charge in [0.1, 0.15) is 6.54 Å². The van der Waals surface area contributed by atoms with Gasteiger partial charge in [0, 0.05) is 29.2 Å². The average Bonchev–Trinajstić information content (AvgIpc) is 3.37. The molecule has 1 aliphatic rings. The summed E-state index contributed by atoms with van der Waals surface area (Å²) < 4.78 is 3.10. The van der Waals surface area contributed by atoms with Crippen LogP contribution in [0.3, 0.4) is 0 Å². The maximum Gasteiger partial charge on any atom is 0.191 e. The van der Waals surface area contributed by atoms with Crippen LogP contribution in [-0.2, 0) is 12.0 Å². The van der Waals surface area contributed by atoms with Crippen molar-refractivity contribution >= 4 is 51.5 Å². The number of hydrogen-bond acceptors (Lipinski definition) is 3. The van der Waals surface area contributed by atoms with Gasteiger partial charge in [-0.2, -0.15) is 0 Å². The number of aromatic nitrogens is 3. The fourth-order valence-corrected chi connectivity index (χ4v) is 3.68. The van der Waals surface area contributed by atoms with E-state index in [9.17, 15) is 0 Å². The van der Waals surface area contributed by atoms with Crippen LogP contribution in [0.2, 0.25) is 0 Å². The number of fused-ring (bicyclic) bond motifs is 1. The summed E-state index contributed by atoms with van der Waals surface area (Å²) in [4.78, 5) is 4.71. The Kier molecular flexibility index (Phi) is 6.92. The molecule has 148 valence electrons. The molecule has 0 unspecified atom stereocenters. The Morgan fingerprint density at radius 1 is 1.18 bits per heavy atom. The molecule has 0 spiro atoms. The number of guanidine groups is 1. The standard InChI is InChI=1S/C20H23BrN6.HI/c1-2-22-19(23-13-18-26-25-17-8-3-4-11-27(17)18)24-14-20(9-10-20)15-6-5-7-16(21)12-15;/h3-8,11-12H,2,9-10,13-14H2,1H3,(H2,22,23,24);1H. The van der Waals surface area contributed by atoms with Gasteiger partial charge in [-0.15, -0.1) is 34.2 Å². The van der Waals surface area contributed by atoms with E-state index in [2.05, 4.69) is 68.0 Å². The molecule has 1 aromatic carbocycles. The summed E-state index contributed by atoms with van der Waals surface area (Å²) in [6.07, 6.45) is 4.36. The Hall–Kier alpha value is -1.68. The van der Waals surface area contributed by atoms with Crippen LogP contribution in [0.25, 0.3) is 5.65 Å². The highest BCUT2D eigenvalue weighted by molar-refractivity contribution is 14.0. The smallest absolute Gasteiger partial charge is 0.191 e. The van der Waals surface area contributed by atoms with Gasteiger partial charge >= 0.3 is 0 Å². The van der Waals surface area contributed by atoms with Crippen molar-refractivity contribution in [2.24, 2.45) is 4.99 Å². The normalized spacial score (nSPS) is 15.1. The molecule has 3 aromatic rings. The van der Waals surface area contributed by atoms with Gasteiger partial charge in [-0.25, -0.2) is 4.99 Å². The van der Waals surface area contributed by atoms with Crippen LogP contribution in [-0.4, -0.2) is 33.6 Å². The van der Waals surface area contributed by atoms with Gasteiger partial charge < -0.3 is 10.6 Å². The molecule has 1 saturated carbocycles. The fourth-order valence-electron chi connectivity index (χ4n) is 3.28. The molecular weight excluding hydrogens is 531 g/mol. The first kappa shape index (κ1) is 21.0. The molecule has 2 aromatic heterocycles. The topological polar surface area (TPSA) is 66.6 Å². The Bertz CT molecular complexity index is 966. The third kappa shape index (κ3) is 4.65. The van der Waals surface area contributed by atoms with E-state index in [4.69, 9.17) is 4.99 Å². The second-order valence-corrected chi connectivity index (χ2v) is 7.80. The van der Waals surface area contributed by atoms with Gasteiger partial charge in [-0.3, -0.25) is 4.40 Å². The van der Waals surface area contributed by atoms with Crippen LogP contribution < -0.4 is 10.6 Å². The number of halogens is 2. The summed E-state index contributed by atoms with van der Waals surface area (Å²) in [5, 5.41) is 15.3. The van der Waals surface area contributed by atoms with Gasteiger partial charge in [-0.1, -0.05) is 34.1 Å². The van der Waals surface area contributed by atoms with E-state index < -0.39 is 0 Å². The van der Waals surface area contributed by atoms with Crippen LogP contribution in [0.4, 0.5) is 0 Å². The SMILES string of the molecule is CCNC(=NCc1nnc2ccccn12)NCC1(c2cccc(Br)c2)CC1.I. The highest BCUT2D eigenvalue weighted by Crippen LogP contribution is 2.48. The number of benzene rings is 1. The molecule has 6 nitrogen and oxygen atoms in total. The summed E-state index contributed by atoms with van der Waals surface area (Å²) in [5.41, 5.74) is 2.43. The van der Waals surface area contributed by atoms with Crippen LogP contribution in [0.5, 0.6) is 0 Å². The molecule has 2 N–H and O–H groups in total. The Balaban J connectivity index is 0.00000225. The third-order valence-electron chi connectivity index (χ3n) is 4.99. The number of hydrogen-bond donors (Lipinski definition) is 2. The zero-order chi connectivity index (χ0) is 18.7. The first-order valence-corrected chi connectivity index (χ1v) is 10.1. The molecule has 0 radical (unpaired) electrons. The summed E-state index contributed by atoms with van der Waals surface area (Å²) in [6.45, 7) is 4.24. The van der Waals surface area contributed by atoms with E-state index >= 15 is 0 Å². The fraction of sp³-hybridized carbons (Fsp3) is 0.350. The number of aliphatic imine (C=N–C) groups is 1. The molecule has 8 heteroatoms. The summed E-state index contributed by atoms with van der Waals surface area (Å²) in [7, 11) is 0. The van der Waals surface area contributed by atoms with Crippen molar-refractivity contribution in [2.75, 3.05) is 13.1 Å². The van der Waals surface area contributed by atoms with Crippen molar-refractivity contribution in [1.82, 2.24) is 25.2 Å². The zero-order valence-electron chi connectivity index (χ0n) is 15.7. The van der Waals surface area contributed by atoms with Gasteiger partial charge in [0.15, 0.2) is 17.4 Å². The molecule has 0 aliphatic heterocycles. The number of nitrogens with zero attached hydrogens (tertiary/aromatic N) is 4. The zero-order valence-corrected chi connectivity index (χ0v) is 19.6. The molecule has 2 heterocycles. The Labute approximate surface area is 190 Å². The van der Waals surface area contributed by atoms with Gasteiger partial charge in [0.05, 0.1) is 0 Å². The quantitative estimate of drug-likeness (QED) is 0.275. The minimum absolute atomic E-state index is 0. The van der Waals surface area contributed by atoms with Crippen molar-refractivity contribution < 1.29 is 0 Å². The van der Waals surface area contributed by atoms with Crippen LogP contribution in [0, 0.1) is 0 Å². The second kappa shape index (κ2) is 9.21. The molecule has 0 amide bonds. The lowest BCUT2D eigenvalue weighted by Gasteiger charge is -2.19. The summed E-state index contributed by atoms with van der Waals surface area (Å²) >= 11 is 3.58. The lowest BCUT2D eigenvalue weighted by atomic mass is 9.96. The third-order valence-corrected chi connectivity index (χ3v) is 5.49. The van der Waals surface area contributed by atoms with Gasteiger partial charge in [0.25, 0.3) is 0 Å². The largest absolute Gasteiger partial charge is 0.357 e. The van der Waals surface area contributed by atoms with E-state index in [0.29, 0.717) is 6.54 Å².